The van der Waals surface area contributed by atoms with Crippen molar-refractivity contribution in [3.8, 4) is 11.5 Å². The number of imide groups is 2. The van der Waals surface area contributed by atoms with Crippen molar-refractivity contribution in [1.82, 2.24) is 4.90 Å². The Kier molecular flexibility index (Phi) is 7.52. The molecular formula is C32H27Cl2FN2O8. The number of ether oxygens (including phenoxy) is 1. The van der Waals surface area contributed by atoms with Crippen molar-refractivity contribution in [2.24, 2.45) is 23.7 Å². The molecule has 3 fully saturated rings. The lowest BCUT2D eigenvalue weighted by molar-refractivity contribution is -0.142. The van der Waals surface area contributed by atoms with Gasteiger partial charge in [0.05, 0.1) is 31.1 Å². The molecule has 45 heavy (non-hydrogen) atoms. The number of aromatic hydroxyl groups is 1. The molecule has 234 valence electrons. The van der Waals surface area contributed by atoms with Gasteiger partial charge in [-0.2, -0.15) is 0 Å². The Morgan fingerprint density at radius 2 is 1.78 bits per heavy atom. The number of amides is 4. The minimum atomic E-state index is -2.08. The van der Waals surface area contributed by atoms with Crippen molar-refractivity contribution < 1.29 is 43.3 Å². The highest BCUT2D eigenvalue weighted by Gasteiger charge is 2.76. The zero-order valence-corrected chi connectivity index (χ0v) is 25.3. The van der Waals surface area contributed by atoms with E-state index in [9.17, 15) is 33.5 Å². The number of benzene rings is 2. The van der Waals surface area contributed by atoms with Crippen LogP contribution in [0, 0.1) is 29.5 Å². The van der Waals surface area contributed by atoms with Gasteiger partial charge in [0.1, 0.15) is 5.82 Å². The predicted molar refractivity (Wildman–Crippen MR) is 160 cm³/mol. The van der Waals surface area contributed by atoms with Crippen molar-refractivity contribution in [2.45, 2.75) is 29.0 Å². The van der Waals surface area contributed by atoms with Crippen molar-refractivity contribution in [3.05, 3.63) is 71.6 Å². The largest absolute Gasteiger partial charge is 0.504 e. The minimum Gasteiger partial charge on any atom is -0.504 e. The second-order valence-corrected chi connectivity index (χ2v) is 12.8. The van der Waals surface area contributed by atoms with Gasteiger partial charge in [0.15, 0.2) is 21.2 Å². The number of hydrogen-bond acceptors (Lipinski definition) is 7. The number of fused-ring (bicyclic) bond motifs is 4. The number of aliphatic carboxylic acids is 1. The number of phenols is 1. The van der Waals surface area contributed by atoms with E-state index in [1.54, 1.807) is 30.4 Å². The molecule has 6 rings (SSSR count). The van der Waals surface area contributed by atoms with Crippen LogP contribution in [-0.2, 0) is 24.0 Å². The van der Waals surface area contributed by atoms with Crippen molar-refractivity contribution in [2.75, 3.05) is 18.6 Å². The highest BCUT2D eigenvalue weighted by molar-refractivity contribution is 6.58. The van der Waals surface area contributed by atoms with Crippen LogP contribution < -0.4 is 9.64 Å². The van der Waals surface area contributed by atoms with Crippen molar-refractivity contribution in [3.63, 3.8) is 0 Å². The fourth-order valence-corrected chi connectivity index (χ4v) is 8.04. The monoisotopic (exact) mass is 656 g/mol. The van der Waals surface area contributed by atoms with Gasteiger partial charge in [-0.1, -0.05) is 29.9 Å². The van der Waals surface area contributed by atoms with Crippen LogP contribution >= 0.6 is 23.2 Å². The Hall–Kier alpha value is -4.22. The normalized spacial score (nSPS) is 30.8. The summed E-state index contributed by atoms with van der Waals surface area (Å²) in [5.41, 5.74) is 1.17. The summed E-state index contributed by atoms with van der Waals surface area (Å²) in [6, 6.07) is 9.28. The Morgan fingerprint density at radius 1 is 1.07 bits per heavy atom. The van der Waals surface area contributed by atoms with E-state index in [4.69, 9.17) is 33.0 Å². The molecule has 13 heteroatoms. The number of phenolic OH excluding ortho intramolecular Hbond substituents is 1. The van der Waals surface area contributed by atoms with Crippen molar-refractivity contribution in [1.29, 1.82) is 0 Å². The summed E-state index contributed by atoms with van der Waals surface area (Å²) in [6.45, 7) is -0.296. The summed E-state index contributed by atoms with van der Waals surface area (Å²) in [5, 5.41) is 19.2. The van der Waals surface area contributed by atoms with Gasteiger partial charge in [-0.15, -0.1) is 23.2 Å². The third kappa shape index (κ3) is 4.54. The number of likely N-dealkylation sites (tertiary alicyclic amines) is 1. The zero-order valence-electron chi connectivity index (χ0n) is 23.8. The number of carboxylic acid groups (broad SMARTS) is 1. The van der Waals surface area contributed by atoms with E-state index in [1.807, 2.05) is 0 Å². The van der Waals surface area contributed by atoms with Gasteiger partial charge >= 0.3 is 5.97 Å². The van der Waals surface area contributed by atoms with E-state index < -0.39 is 75.3 Å². The number of carboxylic acids is 1. The molecule has 0 radical (unpaired) electrons. The van der Waals surface area contributed by atoms with E-state index in [2.05, 4.69) is 0 Å². The maximum atomic E-state index is 14.2. The molecule has 0 aromatic heterocycles. The molecular weight excluding hydrogens is 630 g/mol. The second-order valence-electron chi connectivity index (χ2n) is 11.6. The van der Waals surface area contributed by atoms with Crippen LogP contribution in [0.1, 0.15) is 24.8 Å². The smallest absolute Gasteiger partial charge is 0.305 e. The highest BCUT2D eigenvalue weighted by Crippen LogP contribution is 2.63. The number of rotatable bonds is 7. The van der Waals surface area contributed by atoms with E-state index in [0.29, 0.717) is 11.1 Å². The first-order chi connectivity index (χ1) is 21.3. The molecule has 2 heterocycles. The van der Waals surface area contributed by atoms with Gasteiger partial charge in [0, 0.05) is 12.5 Å². The number of methoxy groups -OCH3 is 1. The number of carbonyl (C=O) groups excluding carboxylic acids is 4. The number of carbonyl (C=O) groups is 5. The Bertz CT molecular complexity index is 1710. The van der Waals surface area contributed by atoms with Crippen LogP contribution in [0.3, 0.4) is 0 Å². The van der Waals surface area contributed by atoms with Gasteiger partial charge in [-0.25, -0.2) is 9.29 Å². The number of hydrogen-bond donors (Lipinski definition) is 2. The lowest BCUT2D eigenvalue weighted by Gasteiger charge is -2.49. The number of anilines is 1. The molecule has 4 amide bonds. The van der Waals surface area contributed by atoms with Gasteiger partial charge < -0.3 is 14.9 Å². The Labute approximate surface area is 266 Å². The molecule has 0 spiro atoms. The van der Waals surface area contributed by atoms with Crippen LogP contribution in [0.5, 0.6) is 11.5 Å². The predicted octanol–water partition coefficient (Wildman–Crippen LogP) is 4.12. The fourth-order valence-electron chi connectivity index (χ4n) is 7.15. The third-order valence-electron chi connectivity index (χ3n) is 9.28. The van der Waals surface area contributed by atoms with Crippen LogP contribution in [-0.4, -0.2) is 68.1 Å². The minimum absolute atomic E-state index is 0.0636. The summed E-state index contributed by atoms with van der Waals surface area (Å²) >= 11 is 14.5. The summed E-state index contributed by atoms with van der Waals surface area (Å²) in [7, 11) is 1.39. The highest BCUT2D eigenvalue weighted by atomic mass is 35.5. The van der Waals surface area contributed by atoms with Crippen LogP contribution in [0.2, 0.25) is 0 Å². The number of nitrogens with zero attached hydrogens (tertiary/aromatic N) is 2. The Balaban J connectivity index is 1.47. The summed E-state index contributed by atoms with van der Waals surface area (Å²) in [4.78, 5) is 64.2. The molecule has 2 aliphatic carbocycles. The maximum Gasteiger partial charge on any atom is 0.305 e. The van der Waals surface area contributed by atoms with Crippen molar-refractivity contribution >= 4 is 64.6 Å². The average Bonchev–Trinajstić information content (AvgIpc) is 3.34. The molecule has 6 atom stereocenters. The fraction of sp³-hybridized carbons (Fsp3) is 0.344. The molecule has 1 saturated carbocycles. The van der Waals surface area contributed by atoms with Gasteiger partial charge in [-0.3, -0.25) is 28.9 Å². The summed E-state index contributed by atoms with van der Waals surface area (Å²) in [6.07, 6.45) is 4.44. The topological polar surface area (TPSA) is 142 Å². The molecule has 2 N–H and O–H groups in total. The second kappa shape index (κ2) is 11.0. The van der Waals surface area contributed by atoms with Gasteiger partial charge in [0.2, 0.25) is 11.8 Å². The summed E-state index contributed by atoms with van der Waals surface area (Å²) < 4.78 is 19.0. The van der Waals surface area contributed by atoms with Crippen LogP contribution in [0.15, 0.2) is 60.2 Å². The molecule has 0 bridgehead atoms. The lowest BCUT2D eigenvalue weighted by atomic mass is 9.57. The zero-order chi connectivity index (χ0) is 32.4. The molecule has 10 nitrogen and oxygen atoms in total. The molecule has 2 saturated heterocycles. The number of halogens is 3. The maximum absolute atomic E-state index is 14.2. The average molecular weight is 657 g/mol. The molecule has 2 aromatic rings. The molecule has 2 aliphatic heterocycles. The first-order valence-corrected chi connectivity index (χ1v) is 14.9. The number of alkyl halides is 2. The SMILES string of the molecule is COc1cc(C=C[C@H]2C3=CC[C@@H]4C(=O)N(CCC(=O)O)C(=O)[C@@H]4[C@@H]3C[C@@]3(Cl)C(=O)N(c4ccc(F)cc4)C(=O)[C@@]23Cl)ccc1O. The molecule has 0 unspecified atom stereocenters. The van der Waals surface area contributed by atoms with Crippen LogP contribution in [0.4, 0.5) is 10.1 Å². The molecule has 4 aliphatic rings. The van der Waals surface area contributed by atoms with Gasteiger partial charge in [0.25, 0.3) is 11.8 Å². The quantitative estimate of drug-likeness (QED) is 0.258. The lowest BCUT2D eigenvalue weighted by Crippen LogP contribution is -2.60. The first-order valence-electron chi connectivity index (χ1n) is 14.2. The third-order valence-corrected chi connectivity index (χ3v) is 10.7. The Morgan fingerprint density at radius 3 is 2.44 bits per heavy atom. The van der Waals surface area contributed by atoms with E-state index in [-0.39, 0.29) is 36.6 Å². The van der Waals surface area contributed by atoms with E-state index in [0.717, 1.165) is 21.9 Å². The van der Waals surface area contributed by atoms with Gasteiger partial charge in [-0.05, 0) is 60.7 Å². The van der Waals surface area contributed by atoms with E-state index in [1.165, 1.54) is 25.3 Å². The summed E-state index contributed by atoms with van der Waals surface area (Å²) in [5.74, 6) is -7.97. The standard InChI is InChI=1S/C32H27Cl2FN2O8/c1-45-24-14-16(3-11-23(24)38)2-10-22-19-8-9-20-26(28(42)36(27(20)41)13-12-25(39)40)21(19)15-31(33)29(43)37(30(44)32(22,31)34)18-6-4-17(35)5-7-18/h2-8,10-11,14,20-22,26,38H,9,12-13,15H2,1H3,(H,39,40)/t20-,21+,22-,26-,31+,32-/m0/s1. The van der Waals surface area contributed by atoms with Crippen LogP contribution in [0.25, 0.3) is 6.08 Å². The first kappa shape index (κ1) is 30.8. The van der Waals surface area contributed by atoms with E-state index >= 15 is 0 Å². The number of allylic oxidation sites excluding steroid dienone is 3. The molecule has 2 aromatic carbocycles.